The second-order valence-electron chi connectivity index (χ2n) is 4.04. The summed E-state index contributed by atoms with van der Waals surface area (Å²) in [6.07, 6.45) is -3.13. The number of rotatable bonds is 4. The molecule has 0 aliphatic carbocycles. The highest BCUT2D eigenvalue weighted by molar-refractivity contribution is 6.32. The second kappa shape index (κ2) is 6.15. The molecule has 0 saturated carbocycles. The van der Waals surface area contributed by atoms with Crippen molar-refractivity contribution in [3.63, 3.8) is 0 Å². The van der Waals surface area contributed by atoms with Gasteiger partial charge < -0.3 is 5.32 Å². The summed E-state index contributed by atoms with van der Waals surface area (Å²) in [6, 6.07) is 5.26. The van der Waals surface area contributed by atoms with Gasteiger partial charge in [0.05, 0.1) is 11.8 Å². The Labute approximate surface area is 123 Å². The van der Waals surface area contributed by atoms with Crippen LogP contribution in [-0.2, 0) is 12.7 Å². The highest BCUT2D eigenvalue weighted by Crippen LogP contribution is 2.32. The van der Waals surface area contributed by atoms with E-state index in [1.165, 1.54) is 24.4 Å². The molecule has 0 unspecified atom stereocenters. The smallest absolute Gasteiger partial charge is 0.365 e. The largest absolute Gasteiger partial charge is 0.416 e. The Kier molecular flexibility index (Phi) is 4.49. The molecule has 5 nitrogen and oxygen atoms in total. The summed E-state index contributed by atoms with van der Waals surface area (Å²) in [7, 11) is 0. The molecular formula is C12H11ClF3N5. The van der Waals surface area contributed by atoms with Crippen LogP contribution in [-0.4, -0.2) is 9.97 Å². The van der Waals surface area contributed by atoms with Gasteiger partial charge in [-0.1, -0.05) is 29.8 Å². The molecule has 0 saturated heterocycles. The first-order valence-corrected chi connectivity index (χ1v) is 6.17. The molecule has 0 aliphatic heterocycles. The van der Waals surface area contributed by atoms with Gasteiger partial charge in [0.2, 0.25) is 5.95 Å². The summed E-state index contributed by atoms with van der Waals surface area (Å²) in [6.45, 7) is -0.0869. The number of aromatic nitrogens is 2. The molecule has 21 heavy (non-hydrogen) atoms. The Bertz CT molecular complexity index is 633. The van der Waals surface area contributed by atoms with E-state index in [0.717, 1.165) is 6.07 Å². The van der Waals surface area contributed by atoms with E-state index >= 15 is 0 Å². The summed E-state index contributed by atoms with van der Waals surface area (Å²) < 4.78 is 38.6. The molecule has 0 radical (unpaired) electrons. The highest BCUT2D eigenvalue weighted by Gasteiger charge is 2.32. The van der Waals surface area contributed by atoms with Gasteiger partial charge in [-0.15, -0.1) is 0 Å². The fourth-order valence-electron chi connectivity index (χ4n) is 1.69. The van der Waals surface area contributed by atoms with Crippen molar-refractivity contribution in [1.82, 2.24) is 9.97 Å². The van der Waals surface area contributed by atoms with Crippen LogP contribution in [0.4, 0.5) is 24.9 Å². The lowest BCUT2D eigenvalue weighted by Crippen LogP contribution is -2.14. The van der Waals surface area contributed by atoms with E-state index in [-0.39, 0.29) is 28.9 Å². The Morgan fingerprint density at radius 1 is 1.24 bits per heavy atom. The molecule has 0 fully saturated rings. The summed E-state index contributed by atoms with van der Waals surface area (Å²) in [4.78, 5) is 7.70. The molecule has 2 aromatic rings. The maximum absolute atomic E-state index is 12.9. The average molecular weight is 318 g/mol. The number of benzene rings is 1. The first kappa shape index (κ1) is 15.3. The van der Waals surface area contributed by atoms with Gasteiger partial charge >= 0.3 is 6.18 Å². The van der Waals surface area contributed by atoms with E-state index in [2.05, 4.69) is 20.7 Å². The van der Waals surface area contributed by atoms with Crippen molar-refractivity contribution < 1.29 is 13.2 Å². The quantitative estimate of drug-likeness (QED) is 0.597. The molecule has 0 aliphatic rings. The van der Waals surface area contributed by atoms with Gasteiger partial charge in [0, 0.05) is 6.54 Å². The average Bonchev–Trinajstić information content (AvgIpc) is 2.46. The molecular weight excluding hydrogens is 307 g/mol. The maximum Gasteiger partial charge on any atom is 0.416 e. The molecule has 112 valence electrons. The van der Waals surface area contributed by atoms with Crippen LogP contribution in [0.15, 0.2) is 30.5 Å². The number of nitrogen functional groups attached to an aromatic ring is 1. The molecule has 2 rings (SSSR count). The minimum absolute atomic E-state index is 0.0851. The number of hydrogen-bond acceptors (Lipinski definition) is 5. The standard InChI is InChI=1S/C12H11ClF3N5/c13-9-6-19-11(21-17)20-10(9)18-5-7-3-1-2-4-8(7)12(14,15)16/h1-4,6H,5,17H2,(H2,18,19,20,21). The lowest BCUT2D eigenvalue weighted by Gasteiger charge is -2.14. The van der Waals surface area contributed by atoms with Gasteiger partial charge in [0.15, 0.2) is 5.82 Å². The Morgan fingerprint density at radius 3 is 2.62 bits per heavy atom. The molecule has 1 aromatic carbocycles. The van der Waals surface area contributed by atoms with Crippen molar-refractivity contribution in [2.45, 2.75) is 12.7 Å². The summed E-state index contributed by atoms with van der Waals surface area (Å²) in [5.74, 6) is 5.46. The third kappa shape index (κ3) is 3.73. The first-order valence-electron chi connectivity index (χ1n) is 5.80. The van der Waals surface area contributed by atoms with Crippen LogP contribution in [0, 0.1) is 0 Å². The zero-order valence-corrected chi connectivity index (χ0v) is 11.3. The van der Waals surface area contributed by atoms with Gasteiger partial charge in [0.1, 0.15) is 5.02 Å². The number of nitrogens with zero attached hydrogens (tertiary/aromatic N) is 2. The fraction of sp³-hybridized carbons (Fsp3) is 0.167. The highest BCUT2D eigenvalue weighted by atomic mass is 35.5. The lowest BCUT2D eigenvalue weighted by molar-refractivity contribution is -0.138. The van der Waals surface area contributed by atoms with Gasteiger partial charge in [0.25, 0.3) is 0 Å². The maximum atomic E-state index is 12.9. The second-order valence-corrected chi connectivity index (χ2v) is 4.45. The van der Waals surface area contributed by atoms with Crippen molar-refractivity contribution in [2.24, 2.45) is 5.84 Å². The van der Waals surface area contributed by atoms with Crippen LogP contribution < -0.4 is 16.6 Å². The van der Waals surface area contributed by atoms with Crippen LogP contribution in [0.5, 0.6) is 0 Å². The van der Waals surface area contributed by atoms with Gasteiger partial charge in [-0.3, -0.25) is 5.43 Å². The predicted molar refractivity (Wildman–Crippen MR) is 73.6 cm³/mol. The van der Waals surface area contributed by atoms with Crippen molar-refractivity contribution >= 4 is 23.4 Å². The van der Waals surface area contributed by atoms with E-state index in [9.17, 15) is 13.2 Å². The normalized spacial score (nSPS) is 11.3. The van der Waals surface area contributed by atoms with Crippen molar-refractivity contribution in [3.8, 4) is 0 Å². The number of hydrogen-bond donors (Lipinski definition) is 3. The van der Waals surface area contributed by atoms with Crippen molar-refractivity contribution in [3.05, 3.63) is 46.6 Å². The van der Waals surface area contributed by atoms with E-state index in [1.807, 2.05) is 0 Å². The van der Waals surface area contributed by atoms with Crippen LogP contribution in [0.3, 0.4) is 0 Å². The number of halogens is 4. The van der Waals surface area contributed by atoms with Crippen LogP contribution in [0.2, 0.25) is 5.02 Å². The third-order valence-electron chi connectivity index (χ3n) is 2.64. The molecule has 9 heteroatoms. The minimum Gasteiger partial charge on any atom is -0.365 e. The number of alkyl halides is 3. The molecule has 0 atom stereocenters. The SMILES string of the molecule is NNc1ncc(Cl)c(NCc2ccccc2C(F)(F)F)n1. The van der Waals surface area contributed by atoms with E-state index in [1.54, 1.807) is 0 Å². The zero-order chi connectivity index (χ0) is 15.5. The fourth-order valence-corrected chi connectivity index (χ4v) is 1.85. The summed E-state index contributed by atoms with van der Waals surface area (Å²) >= 11 is 5.87. The number of nitrogens with two attached hydrogens (primary N) is 1. The zero-order valence-electron chi connectivity index (χ0n) is 10.6. The minimum atomic E-state index is -4.42. The number of hydrazine groups is 1. The molecule has 0 spiro atoms. The Morgan fingerprint density at radius 2 is 1.95 bits per heavy atom. The van der Waals surface area contributed by atoms with Crippen LogP contribution >= 0.6 is 11.6 Å². The van der Waals surface area contributed by atoms with Crippen molar-refractivity contribution in [2.75, 3.05) is 10.7 Å². The summed E-state index contributed by atoms with van der Waals surface area (Å²) in [5.41, 5.74) is 1.60. The molecule has 0 bridgehead atoms. The van der Waals surface area contributed by atoms with Gasteiger partial charge in [-0.2, -0.15) is 18.2 Å². The molecule has 1 aromatic heterocycles. The van der Waals surface area contributed by atoms with Crippen molar-refractivity contribution in [1.29, 1.82) is 0 Å². The van der Waals surface area contributed by atoms with Gasteiger partial charge in [-0.25, -0.2) is 10.8 Å². The monoisotopic (exact) mass is 317 g/mol. The predicted octanol–water partition coefficient (Wildman–Crippen LogP) is 3.05. The number of nitrogens with one attached hydrogen (secondary N) is 2. The Hall–Kier alpha value is -2.06. The van der Waals surface area contributed by atoms with Crippen LogP contribution in [0.1, 0.15) is 11.1 Å². The third-order valence-corrected chi connectivity index (χ3v) is 2.92. The summed E-state index contributed by atoms with van der Waals surface area (Å²) in [5, 5.41) is 2.92. The van der Waals surface area contributed by atoms with E-state index in [0.29, 0.717) is 0 Å². The molecule has 0 amide bonds. The van der Waals surface area contributed by atoms with E-state index in [4.69, 9.17) is 17.4 Å². The lowest BCUT2D eigenvalue weighted by atomic mass is 10.1. The van der Waals surface area contributed by atoms with E-state index < -0.39 is 11.7 Å². The molecule has 4 N–H and O–H groups in total. The van der Waals surface area contributed by atoms with Crippen LogP contribution in [0.25, 0.3) is 0 Å². The first-order chi connectivity index (χ1) is 9.91. The topological polar surface area (TPSA) is 75.9 Å². The Balaban J connectivity index is 2.21. The number of anilines is 2. The van der Waals surface area contributed by atoms with Gasteiger partial charge in [-0.05, 0) is 11.6 Å². The molecule has 1 heterocycles.